The van der Waals surface area contributed by atoms with E-state index in [9.17, 15) is 0 Å². The van der Waals surface area contributed by atoms with Crippen LogP contribution in [0.3, 0.4) is 0 Å². The summed E-state index contributed by atoms with van der Waals surface area (Å²) < 4.78 is 0. The van der Waals surface area contributed by atoms with E-state index in [1.54, 1.807) is 0 Å². The molecule has 0 amide bonds. The van der Waals surface area contributed by atoms with Gasteiger partial charge in [-0.25, -0.2) is 0 Å². The van der Waals surface area contributed by atoms with Gasteiger partial charge in [0.05, 0.1) is 0 Å². The van der Waals surface area contributed by atoms with Crippen molar-refractivity contribution in [2.75, 3.05) is 20.6 Å². The van der Waals surface area contributed by atoms with Gasteiger partial charge in [-0.15, -0.1) is 0 Å². The second kappa shape index (κ2) is 6.67. The molecule has 0 radical (unpaired) electrons. The number of nitrogens with two attached hydrogens (primary N) is 2. The Morgan fingerprint density at radius 2 is 1.39 bits per heavy atom. The van der Waals surface area contributed by atoms with Crippen molar-refractivity contribution in [3.63, 3.8) is 0 Å². The summed E-state index contributed by atoms with van der Waals surface area (Å²) in [6.07, 6.45) is 1.01. The van der Waals surface area contributed by atoms with Gasteiger partial charge in [0, 0.05) is 19.6 Å². The second-order valence-electron chi connectivity index (χ2n) is 6.30. The van der Waals surface area contributed by atoms with Crippen molar-refractivity contribution in [1.29, 1.82) is 0 Å². The summed E-state index contributed by atoms with van der Waals surface area (Å²) in [7, 11) is 4.21. The Kier molecular flexibility index (Phi) is 4.62. The van der Waals surface area contributed by atoms with Gasteiger partial charge in [-0.2, -0.15) is 0 Å². The minimum Gasteiger partial charge on any atom is -0.326 e. The van der Waals surface area contributed by atoms with Crippen molar-refractivity contribution in [2.45, 2.75) is 19.5 Å². The molecule has 3 nitrogen and oxygen atoms in total. The summed E-state index contributed by atoms with van der Waals surface area (Å²) in [5, 5.41) is 5.02. The second-order valence-corrected chi connectivity index (χ2v) is 6.30. The van der Waals surface area contributed by atoms with Crippen LogP contribution in [0.15, 0.2) is 42.5 Å². The van der Waals surface area contributed by atoms with Gasteiger partial charge < -0.3 is 16.4 Å². The Morgan fingerprint density at radius 3 is 2.00 bits per heavy atom. The summed E-state index contributed by atoms with van der Waals surface area (Å²) in [6.45, 7) is 2.10. The van der Waals surface area contributed by atoms with Gasteiger partial charge in [0.1, 0.15) is 0 Å². The molecule has 0 aliphatic rings. The van der Waals surface area contributed by atoms with Gasteiger partial charge in [0.15, 0.2) is 0 Å². The average Bonchev–Trinajstić information content (AvgIpc) is 2.57. The van der Waals surface area contributed by atoms with E-state index in [1.165, 1.54) is 38.2 Å². The first kappa shape index (κ1) is 15.9. The molecular formula is C20H25N3. The molecule has 3 aromatic carbocycles. The predicted molar refractivity (Wildman–Crippen MR) is 99.5 cm³/mol. The fraction of sp³-hybridized carbons (Fsp3) is 0.300. The third-order valence-electron chi connectivity index (χ3n) is 4.59. The molecule has 3 heteroatoms. The Balaban J connectivity index is 2.38. The number of likely N-dealkylation sites (N-methyl/N-ethyl adjacent to an activating group) is 1. The summed E-state index contributed by atoms with van der Waals surface area (Å²) in [4.78, 5) is 2.21. The van der Waals surface area contributed by atoms with Gasteiger partial charge in [0.25, 0.3) is 0 Å². The molecule has 120 valence electrons. The molecule has 23 heavy (non-hydrogen) atoms. The number of fused-ring (bicyclic) bond motifs is 2. The highest BCUT2D eigenvalue weighted by molar-refractivity contribution is 6.07. The fourth-order valence-corrected chi connectivity index (χ4v) is 3.48. The van der Waals surface area contributed by atoms with Crippen LogP contribution >= 0.6 is 0 Å². The molecule has 3 aromatic rings. The van der Waals surface area contributed by atoms with Crippen LogP contribution in [0.25, 0.3) is 21.5 Å². The molecule has 0 saturated carbocycles. The van der Waals surface area contributed by atoms with Crippen LogP contribution in [0, 0.1) is 0 Å². The van der Waals surface area contributed by atoms with E-state index in [-0.39, 0.29) is 0 Å². The Bertz CT molecular complexity index is 837. The lowest BCUT2D eigenvalue weighted by molar-refractivity contribution is 0.414. The monoisotopic (exact) mass is 307 g/mol. The highest BCUT2D eigenvalue weighted by Gasteiger charge is 2.14. The molecule has 0 saturated heterocycles. The van der Waals surface area contributed by atoms with Crippen LogP contribution in [0.4, 0.5) is 0 Å². The van der Waals surface area contributed by atoms with Crippen molar-refractivity contribution >= 4 is 21.5 Å². The number of rotatable bonds is 5. The zero-order valence-corrected chi connectivity index (χ0v) is 14.0. The highest BCUT2D eigenvalue weighted by Crippen LogP contribution is 2.34. The standard InChI is InChI=1S/C20H25N3/c1-23(2)11-10-14-6-5-9-17-18(12-21)15-7-3-4-8-16(15)19(13-22)20(14)17/h3-9H,10-13,21-22H2,1-2H3. The fourth-order valence-electron chi connectivity index (χ4n) is 3.48. The maximum atomic E-state index is 6.16. The van der Waals surface area contributed by atoms with E-state index in [0.717, 1.165) is 13.0 Å². The molecule has 0 heterocycles. The molecule has 0 fully saturated rings. The Labute approximate surface area is 137 Å². The molecular weight excluding hydrogens is 282 g/mol. The largest absolute Gasteiger partial charge is 0.326 e. The lowest BCUT2D eigenvalue weighted by Gasteiger charge is -2.19. The normalized spacial score (nSPS) is 11.7. The van der Waals surface area contributed by atoms with Crippen molar-refractivity contribution in [1.82, 2.24) is 4.90 Å². The van der Waals surface area contributed by atoms with E-state index in [0.29, 0.717) is 13.1 Å². The number of hydrogen-bond donors (Lipinski definition) is 2. The molecule has 0 atom stereocenters. The van der Waals surface area contributed by atoms with Gasteiger partial charge in [0.2, 0.25) is 0 Å². The molecule has 3 rings (SSSR count). The summed E-state index contributed by atoms with van der Waals surface area (Å²) in [6, 6.07) is 15.0. The minimum atomic E-state index is 0.541. The average molecular weight is 307 g/mol. The zero-order valence-electron chi connectivity index (χ0n) is 14.0. The molecule has 0 aliphatic heterocycles. The maximum absolute atomic E-state index is 6.16. The lowest BCUT2D eigenvalue weighted by atomic mass is 9.88. The lowest BCUT2D eigenvalue weighted by Crippen LogP contribution is -2.15. The van der Waals surface area contributed by atoms with Crippen LogP contribution in [0.1, 0.15) is 16.7 Å². The van der Waals surface area contributed by atoms with Gasteiger partial charge in [-0.1, -0.05) is 42.5 Å². The number of benzene rings is 3. The summed E-state index contributed by atoms with van der Waals surface area (Å²) in [5.74, 6) is 0. The molecule has 0 aliphatic carbocycles. The molecule has 4 N–H and O–H groups in total. The van der Waals surface area contributed by atoms with Gasteiger partial charge in [-0.05, 0) is 58.8 Å². The first-order chi connectivity index (χ1) is 11.2. The molecule has 0 aromatic heterocycles. The topological polar surface area (TPSA) is 55.3 Å². The SMILES string of the molecule is CN(C)CCc1cccc2c(CN)c3ccccc3c(CN)c12. The third-order valence-corrected chi connectivity index (χ3v) is 4.59. The van der Waals surface area contributed by atoms with E-state index in [1.807, 2.05) is 0 Å². The molecule has 0 spiro atoms. The minimum absolute atomic E-state index is 0.541. The van der Waals surface area contributed by atoms with Crippen LogP contribution < -0.4 is 11.5 Å². The van der Waals surface area contributed by atoms with Crippen LogP contribution in [0.2, 0.25) is 0 Å². The summed E-state index contributed by atoms with van der Waals surface area (Å²) >= 11 is 0. The quantitative estimate of drug-likeness (QED) is 0.712. The highest BCUT2D eigenvalue weighted by atomic mass is 15.0. The van der Waals surface area contributed by atoms with Crippen LogP contribution in [0.5, 0.6) is 0 Å². The zero-order chi connectivity index (χ0) is 16.4. The number of hydrogen-bond acceptors (Lipinski definition) is 3. The number of nitrogens with zero attached hydrogens (tertiary/aromatic N) is 1. The first-order valence-electron chi connectivity index (χ1n) is 8.16. The molecule has 0 unspecified atom stereocenters. The smallest absolute Gasteiger partial charge is 0.0190 e. The van der Waals surface area contributed by atoms with Gasteiger partial charge in [-0.3, -0.25) is 0 Å². The van der Waals surface area contributed by atoms with E-state index >= 15 is 0 Å². The van der Waals surface area contributed by atoms with Crippen LogP contribution in [-0.2, 0) is 19.5 Å². The summed E-state index contributed by atoms with van der Waals surface area (Å²) in [5.41, 5.74) is 16.1. The van der Waals surface area contributed by atoms with Crippen molar-refractivity contribution < 1.29 is 0 Å². The van der Waals surface area contributed by atoms with E-state index in [2.05, 4.69) is 61.5 Å². The van der Waals surface area contributed by atoms with Crippen molar-refractivity contribution in [3.8, 4) is 0 Å². The Morgan fingerprint density at radius 1 is 0.783 bits per heavy atom. The third kappa shape index (κ3) is 2.83. The van der Waals surface area contributed by atoms with E-state index in [4.69, 9.17) is 11.5 Å². The maximum Gasteiger partial charge on any atom is 0.0190 e. The first-order valence-corrected chi connectivity index (χ1v) is 8.16. The van der Waals surface area contributed by atoms with Crippen LogP contribution in [-0.4, -0.2) is 25.5 Å². The molecule has 0 bridgehead atoms. The van der Waals surface area contributed by atoms with Crippen molar-refractivity contribution in [3.05, 3.63) is 59.2 Å². The van der Waals surface area contributed by atoms with E-state index < -0.39 is 0 Å². The predicted octanol–water partition coefficient (Wildman–Crippen LogP) is 3.01. The van der Waals surface area contributed by atoms with Gasteiger partial charge >= 0.3 is 0 Å². The van der Waals surface area contributed by atoms with Crippen molar-refractivity contribution in [2.24, 2.45) is 11.5 Å². The Hall–Kier alpha value is -1.94.